The van der Waals surface area contributed by atoms with E-state index in [0.29, 0.717) is 15.6 Å². The van der Waals surface area contributed by atoms with E-state index in [0.717, 1.165) is 9.87 Å². The summed E-state index contributed by atoms with van der Waals surface area (Å²) in [5.41, 5.74) is 1.79. The molecular formula is C28H31Cl2N3O4S. The highest BCUT2D eigenvalue weighted by Crippen LogP contribution is 2.27. The standard InChI is InChI=1S/C28H31Cl2N3O4S/c1-19(2)31-28(35)21(4)32(17-22-7-5-6-8-26(22)30)27(34)18-33(24-13-11-23(29)12-14-24)38(36,37)25-15-9-20(3)10-16-25/h5-16,19,21H,17-18H2,1-4H3,(H,31,35). The highest BCUT2D eigenvalue weighted by atomic mass is 35.5. The van der Waals surface area contributed by atoms with Crippen LogP contribution in [0, 0.1) is 6.92 Å². The lowest BCUT2D eigenvalue weighted by Crippen LogP contribution is -2.52. The number of halogens is 2. The zero-order valence-corrected chi connectivity index (χ0v) is 24.0. The number of hydrogen-bond acceptors (Lipinski definition) is 4. The third-order valence-corrected chi connectivity index (χ3v) is 8.31. The fraction of sp³-hybridized carbons (Fsp3) is 0.286. The Morgan fingerprint density at radius 1 is 0.895 bits per heavy atom. The number of amides is 2. The van der Waals surface area contributed by atoms with E-state index in [1.807, 2.05) is 20.8 Å². The molecule has 10 heteroatoms. The normalized spacial score (nSPS) is 12.2. The summed E-state index contributed by atoms with van der Waals surface area (Å²) in [4.78, 5) is 28.2. The van der Waals surface area contributed by atoms with Crippen LogP contribution in [0.15, 0.2) is 77.7 Å². The molecule has 0 bridgehead atoms. The van der Waals surface area contributed by atoms with Gasteiger partial charge in [-0.1, -0.05) is 59.1 Å². The van der Waals surface area contributed by atoms with Gasteiger partial charge in [-0.25, -0.2) is 8.42 Å². The Bertz CT molecular complexity index is 1380. The molecule has 1 N–H and O–H groups in total. The minimum atomic E-state index is -4.14. The molecule has 0 fully saturated rings. The summed E-state index contributed by atoms with van der Waals surface area (Å²) < 4.78 is 28.6. The van der Waals surface area contributed by atoms with Crippen LogP contribution in [0.3, 0.4) is 0 Å². The molecule has 0 aliphatic heterocycles. The molecule has 1 atom stereocenters. The van der Waals surface area contributed by atoms with Crippen molar-refractivity contribution in [3.05, 3.63) is 94.0 Å². The van der Waals surface area contributed by atoms with Crippen molar-refractivity contribution in [1.29, 1.82) is 0 Å². The van der Waals surface area contributed by atoms with Crippen LogP contribution in [0.5, 0.6) is 0 Å². The van der Waals surface area contributed by atoms with Crippen molar-refractivity contribution in [1.82, 2.24) is 10.2 Å². The molecular weight excluding hydrogens is 545 g/mol. The predicted octanol–water partition coefficient (Wildman–Crippen LogP) is 5.44. The van der Waals surface area contributed by atoms with Gasteiger partial charge in [0.1, 0.15) is 12.6 Å². The highest BCUT2D eigenvalue weighted by molar-refractivity contribution is 7.92. The van der Waals surface area contributed by atoms with Crippen molar-refractivity contribution in [2.75, 3.05) is 10.8 Å². The van der Waals surface area contributed by atoms with Crippen molar-refractivity contribution >= 4 is 50.7 Å². The number of hydrogen-bond donors (Lipinski definition) is 1. The number of rotatable bonds is 10. The van der Waals surface area contributed by atoms with Crippen LogP contribution in [-0.2, 0) is 26.2 Å². The molecule has 0 heterocycles. The maximum Gasteiger partial charge on any atom is 0.264 e. The van der Waals surface area contributed by atoms with Crippen LogP contribution in [0.2, 0.25) is 10.0 Å². The van der Waals surface area contributed by atoms with Crippen LogP contribution in [0.25, 0.3) is 0 Å². The summed E-state index contributed by atoms with van der Waals surface area (Å²) in [6, 6.07) is 18.5. The van der Waals surface area contributed by atoms with E-state index >= 15 is 0 Å². The first-order valence-corrected chi connectivity index (χ1v) is 14.3. The maximum atomic E-state index is 13.8. The van der Waals surface area contributed by atoms with Gasteiger partial charge >= 0.3 is 0 Å². The minimum Gasteiger partial charge on any atom is -0.352 e. The number of carbonyl (C=O) groups is 2. The average Bonchev–Trinajstić information content (AvgIpc) is 2.86. The third-order valence-electron chi connectivity index (χ3n) is 5.90. The number of anilines is 1. The maximum absolute atomic E-state index is 13.8. The van der Waals surface area contributed by atoms with E-state index in [2.05, 4.69) is 5.32 Å². The molecule has 3 rings (SSSR count). The van der Waals surface area contributed by atoms with Crippen LogP contribution >= 0.6 is 23.2 Å². The molecule has 0 radical (unpaired) electrons. The van der Waals surface area contributed by atoms with Crippen LogP contribution in [-0.4, -0.2) is 43.8 Å². The van der Waals surface area contributed by atoms with Crippen LogP contribution < -0.4 is 9.62 Å². The number of sulfonamides is 1. The molecule has 0 aromatic heterocycles. The number of nitrogens with zero attached hydrogens (tertiary/aromatic N) is 2. The molecule has 0 aliphatic carbocycles. The quantitative estimate of drug-likeness (QED) is 0.348. The van der Waals surface area contributed by atoms with Crippen molar-refractivity contribution in [2.45, 2.75) is 51.2 Å². The largest absolute Gasteiger partial charge is 0.352 e. The summed E-state index contributed by atoms with van der Waals surface area (Å²) >= 11 is 12.4. The molecule has 7 nitrogen and oxygen atoms in total. The van der Waals surface area contributed by atoms with Crippen molar-refractivity contribution in [3.63, 3.8) is 0 Å². The lowest BCUT2D eigenvalue weighted by atomic mass is 10.1. The molecule has 1 unspecified atom stereocenters. The molecule has 0 saturated carbocycles. The van der Waals surface area contributed by atoms with Gasteiger partial charge in [-0.15, -0.1) is 0 Å². The van der Waals surface area contributed by atoms with E-state index in [-0.39, 0.29) is 29.1 Å². The predicted molar refractivity (Wildman–Crippen MR) is 152 cm³/mol. The van der Waals surface area contributed by atoms with E-state index in [4.69, 9.17) is 23.2 Å². The Labute approximate surface area is 234 Å². The Kier molecular flexibility index (Phi) is 9.82. The van der Waals surface area contributed by atoms with E-state index < -0.39 is 28.5 Å². The molecule has 38 heavy (non-hydrogen) atoms. The smallest absolute Gasteiger partial charge is 0.264 e. The molecule has 3 aromatic rings. The zero-order chi connectivity index (χ0) is 28.0. The van der Waals surface area contributed by atoms with Gasteiger partial charge in [-0.2, -0.15) is 0 Å². The average molecular weight is 577 g/mol. The van der Waals surface area contributed by atoms with Gasteiger partial charge < -0.3 is 10.2 Å². The molecule has 0 spiro atoms. The topological polar surface area (TPSA) is 86.8 Å². The Hall–Kier alpha value is -3.07. The number of aryl methyl sites for hydroxylation is 1. The first-order valence-electron chi connectivity index (χ1n) is 12.1. The van der Waals surface area contributed by atoms with Gasteiger partial charge in [-0.3, -0.25) is 13.9 Å². The Balaban J connectivity index is 2.03. The second kappa shape index (κ2) is 12.7. The van der Waals surface area contributed by atoms with Gasteiger partial charge in [0.25, 0.3) is 10.0 Å². The third kappa shape index (κ3) is 7.28. The summed E-state index contributed by atoms with van der Waals surface area (Å²) in [5, 5.41) is 3.68. The Morgan fingerprint density at radius 2 is 1.50 bits per heavy atom. The van der Waals surface area contributed by atoms with Crippen molar-refractivity contribution in [2.24, 2.45) is 0 Å². The number of nitrogens with one attached hydrogen (secondary N) is 1. The van der Waals surface area contributed by atoms with Crippen LogP contribution in [0.4, 0.5) is 5.69 Å². The monoisotopic (exact) mass is 575 g/mol. The first kappa shape index (κ1) is 29.5. The fourth-order valence-corrected chi connectivity index (χ4v) is 5.51. The minimum absolute atomic E-state index is 0.0181. The first-order chi connectivity index (χ1) is 17.9. The number of benzene rings is 3. The summed E-state index contributed by atoms with van der Waals surface area (Å²) in [7, 11) is -4.14. The zero-order valence-electron chi connectivity index (χ0n) is 21.7. The van der Waals surface area contributed by atoms with Gasteiger partial charge in [0.05, 0.1) is 10.6 Å². The second-order valence-electron chi connectivity index (χ2n) is 9.25. The van der Waals surface area contributed by atoms with E-state index in [1.54, 1.807) is 55.5 Å². The molecule has 0 saturated heterocycles. The van der Waals surface area contributed by atoms with Gasteiger partial charge in [-0.05, 0) is 75.7 Å². The lowest BCUT2D eigenvalue weighted by Gasteiger charge is -2.32. The Morgan fingerprint density at radius 3 is 2.08 bits per heavy atom. The fourth-order valence-electron chi connectivity index (χ4n) is 3.77. The van der Waals surface area contributed by atoms with Crippen LogP contribution in [0.1, 0.15) is 31.9 Å². The molecule has 0 aliphatic rings. The summed E-state index contributed by atoms with van der Waals surface area (Å²) in [6.45, 7) is 6.58. The van der Waals surface area contributed by atoms with Gasteiger partial charge in [0, 0.05) is 22.6 Å². The summed E-state index contributed by atoms with van der Waals surface area (Å²) in [5.74, 6) is -0.929. The highest BCUT2D eigenvalue weighted by Gasteiger charge is 2.33. The molecule has 202 valence electrons. The van der Waals surface area contributed by atoms with Crippen molar-refractivity contribution in [3.8, 4) is 0 Å². The number of carbonyl (C=O) groups excluding carboxylic acids is 2. The molecule has 3 aromatic carbocycles. The lowest BCUT2D eigenvalue weighted by molar-refractivity contribution is -0.139. The van der Waals surface area contributed by atoms with Gasteiger partial charge in [0.15, 0.2) is 0 Å². The molecule has 2 amide bonds. The van der Waals surface area contributed by atoms with Gasteiger partial charge in [0.2, 0.25) is 11.8 Å². The second-order valence-corrected chi connectivity index (χ2v) is 12.0. The van der Waals surface area contributed by atoms with E-state index in [1.165, 1.54) is 29.2 Å². The van der Waals surface area contributed by atoms with E-state index in [9.17, 15) is 18.0 Å². The SMILES string of the molecule is Cc1ccc(S(=O)(=O)N(CC(=O)N(Cc2ccccc2Cl)C(C)C(=O)NC(C)C)c2ccc(Cl)cc2)cc1. The summed E-state index contributed by atoms with van der Waals surface area (Å²) in [6.07, 6.45) is 0. The van der Waals surface area contributed by atoms with Crippen molar-refractivity contribution < 1.29 is 18.0 Å².